The topological polar surface area (TPSA) is 63.6 Å². The second kappa shape index (κ2) is 6.50. The molecule has 0 bridgehead atoms. The molecule has 5 heteroatoms. The Hall–Kier alpha value is -3.21. The van der Waals surface area contributed by atoms with Crippen molar-refractivity contribution in [2.45, 2.75) is 31.6 Å². The van der Waals surface area contributed by atoms with Crippen molar-refractivity contribution in [2.75, 3.05) is 0 Å². The average molecular weight is 356 g/mol. The van der Waals surface area contributed by atoms with Gasteiger partial charge in [-0.2, -0.15) is 5.10 Å². The molecule has 0 amide bonds. The SMILES string of the molecule is O=c1cc(-c2cccnc2)[nH]c2c1c(C1CCCC1)nn2-c1ccccc1. The van der Waals surface area contributed by atoms with Crippen LogP contribution in [0.2, 0.25) is 0 Å². The number of fused-ring (bicyclic) bond motifs is 1. The van der Waals surface area contributed by atoms with E-state index in [0.29, 0.717) is 5.92 Å². The second-order valence-electron chi connectivity index (χ2n) is 7.13. The maximum Gasteiger partial charge on any atom is 0.193 e. The lowest BCUT2D eigenvalue weighted by Crippen LogP contribution is -2.06. The minimum atomic E-state index is 0.0201. The molecule has 27 heavy (non-hydrogen) atoms. The summed E-state index contributed by atoms with van der Waals surface area (Å²) < 4.78 is 1.88. The van der Waals surface area contributed by atoms with Crippen LogP contribution in [-0.4, -0.2) is 19.7 Å². The van der Waals surface area contributed by atoms with Gasteiger partial charge in [-0.15, -0.1) is 0 Å². The smallest absolute Gasteiger partial charge is 0.193 e. The van der Waals surface area contributed by atoms with Crippen LogP contribution in [0.1, 0.15) is 37.3 Å². The van der Waals surface area contributed by atoms with Crippen molar-refractivity contribution in [3.8, 4) is 16.9 Å². The molecule has 134 valence electrons. The highest BCUT2D eigenvalue weighted by molar-refractivity contribution is 5.83. The fraction of sp³-hybridized carbons (Fsp3) is 0.227. The zero-order chi connectivity index (χ0) is 18.2. The standard InChI is InChI=1S/C22H20N4O/c27-19-13-18(16-9-6-12-23-14-16)24-22-20(19)21(15-7-4-5-8-15)25-26(22)17-10-2-1-3-11-17/h1-3,6,9-15H,4-5,7-8H2,(H,24,27). The van der Waals surface area contributed by atoms with Crippen LogP contribution in [-0.2, 0) is 0 Å². The highest BCUT2D eigenvalue weighted by Gasteiger charge is 2.26. The third kappa shape index (κ3) is 2.76. The number of aromatic nitrogens is 4. The number of hydrogen-bond acceptors (Lipinski definition) is 3. The van der Waals surface area contributed by atoms with Crippen LogP contribution in [0.5, 0.6) is 0 Å². The largest absolute Gasteiger partial charge is 0.339 e. The lowest BCUT2D eigenvalue weighted by atomic mass is 10.0. The summed E-state index contributed by atoms with van der Waals surface area (Å²) in [7, 11) is 0. The molecule has 5 rings (SSSR count). The van der Waals surface area contributed by atoms with Gasteiger partial charge < -0.3 is 4.98 Å². The van der Waals surface area contributed by atoms with Gasteiger partial charge in [0.05, 0.1) is 22.5 Å². The number of benzene rings is 1. The molecular weight excluding hydrogens is 336 g/mol. The third-order valence-electron chi connectivity index (χ3n) is 5.40. The normalized spacial score (nSPS) is 14.8. The molecule has 1 fully saturated rings. The van der Waals surface area contributed by atoms with E-state index in [4.69, 9.17) is 5.10 Å². The minimum absolute atomic E-state index is 0.0201. The Morgan fingerprint density at radius 1 is 1.04 bits per heavy atom. The van der Waals surface area contributed by atoms with Crippen molar-refractivity contribution in [3.05, 3.63) is 76.8 Å². The maximum atomic E-state index is 13.1. The summed E-state index contributed by atoms with van der Waals surface area (Å²) in [6.07, 6.45) is 8.10. The molecule has 0 radical (unpaired) electrons. The Balaban J connectivity index is 1.79. The van der Waals surface area contributed by atoms with E-state index in [2.05, 4.69) is 9.97 Å². The van der Waals surface area contributed by atoms with Gasteiger partial charge in [0.15, 0.2) is 5.43 Å². The maximum absolute atomic E-state index is 13.1. The van der Waals surface area contributed by atoms with Gasteiger partial charge in [-0.25, -0.2) is 4.68 Å². The van der Waals surface area contributed by atoms with Gasteiger partial charge in [-0.1, -0.05) is 31.0 Å². The van der Waals surface area contributed by atoms with Gasteiger partial charge in [0, 0.05) is 29.9 Å². The van der Waals surface area contributed by atoms with E-state index in [1.54, 1.807) is 18.5 Å². The Bertz CT molecular complexity index is 1140. The molecule has 1 aliphatic carbocycles. The molecule has 5 nitrogen and oxygen atoms in total. The van der Waals surface area contributed by atoms with Gasteiger partial charge in [0.25, 0.3) is 0 Å². The Morgan fingerprint density at radius 3 is 2.59 bits per heavy atom. The van der Waals surface area contributed by atoms with Gasteiger partial charge in [0.1, 0.15) is 5.65 Å². The van der Waals surface area contributed by atoms with Gasteiger partial charge in [-0.05, 0) is 37.1 Å². The fourth-order valence-corrected chi connectivity index (χ4v) is 4.08. The number of hydrogen-bond donors (Lipinski definition) is 1. The molecule has 3 heterocycles. The Morgan fingerprint density at radius 2 is 1.85 bits per heavy atom. The number of nitrogens with one attached hydrogen (secondary N) is 1. The molecular formula is C22H20N4O. The van der Waals surface area contributed by atoms with E-state index >= 15 is 0 Å². The zero-order valence-electron chi connectivity index (χ0n) is 14.9. The lowest BCUT2D eigenvalue weighted by molar-refractivity contribution is 0.683. The van der Waals surface area contributed by atoms with E-state index in [-0.39, 0.29) is 5.43 Å². The summed E-state index contributed by atoms with van der Waals surface area (Å²) in [6.45, 7) is 0. The molecule has 1 aliphatic rings. The van der Waals surface area contributed by atoms with Crippen molar-refractivity contribution >= 4 is 11.0 Å². The van der Waals surface area contributed by atoms with Gasteiger partial charge in [0.2, 0.25) is 0 Å². The van der Waals surface area contributed by atoms with Crippen molar-refractivity contribution in [2.24, 2.45) is 0 Å². The first kappa shape index (κ1) is 16.0. The van der Waals surface area contributed by atoms with Crippen LogP contribution in [0.3, 0.4) is 0 Å². The fourth-order valence-electron chi connectivity index (χ4n) is 4.08. The summed E-state index contributed by atoms with van der Waals surface area (Å²) in [5.74, 6) is 0.364. The molecule has 3 aromatic heterocycles. The van der Waals surface area contributed by atoms with Crippen molar-refractivity contribution in [3.63, 3.8) is 0 Å². The number of H-pyrrole nitrogens is 1. The predicted molar refractivity (Wildman–Crippen MR) is 106 cm³/mol. The quantitative estimate of drug-likeness (QED) is 0.590. The van der Waals surface area contributed by atoms with Crippen LogP contribution in [0.4, 0.5) is 0 Å². The summed E-state index contributed by atoms with van der Waals surface area (Å²) in [5.41, 5.74) is 4.31. The molecule has 0 spiro atoms. The third-order valence-corrected chi connectivity index (χ3v) is 5.40. The van der Waals surface area contributed by atoms with Crippen LogP contribution in [0.15, 0.2) is 65.7 Å². The lowest BCUT2D eigenvalue weighted by Gasteiger charge is -2.06. The Labute approximate surface area is 156 Å². The molecule has 0 saturated heterocycles. The zero-order valence-corrected chi connectivity index (χ0v) is 14.9. The molecule has 0 aliphatic heterocycles. The predicted octanol–water partition coefficient (Wildman–Crippen LogP) is 4.43. The van der Waals surface area contributed by atoms with Crippen molar-refractivity contribution in [1.82, 2.24) is 19.7 Å². The van der Waals surface area contributed by atoms with Gasteiger partial charge in [-0.3, -0.25) is 9.78 Å². The minimum Gasteiger partial charge on any atom is -0.339 e. The molecule has 0 atom stereocenters. The van der Waals surface area contributed by atoms with Crippen molar-refractivity contribution < 1.29 is 0 Å². The monoisotopic (exact) mass is 356 g/mol. The van der Waals surface area contributed by atoms with E-state index in [9.17, 15) is 4.79 Å². The molecule has 0 unspecified atom stereocenters. The number of aromatic amines is 1. The first-order valence-electron chi connectivity index (χ1n) is 9.43. The molecule has 1 N–H and O–H groups in total. The first-order valence-corrected chi connectivity index (χ1v) is 9.43. The number of rotatable bonds is 3. The summed E-state index contributed by atoms with van der Waals surface area (Å²) in [4.78, 5) is 20.7. The summed E-state index contributed by atoms with van der Waals surface area (Å²) in [6, 6.07) is 15.5. The van der Waals surface area contributed by atoms with E-state index in [1.807, 2.05) is 47.1 Å². The highest BCUT2D eigenvalue weighted by atomic mass is 16.1. The summed E-state index contributed by atoms with van der Waals surface area (Å²) >= 11 is 0. The molecule has 4 aromatic rings. The molecule has 1 saturated carbocycles. The van der Waals surface area contributed by atoms with E-state index < -0.39 is 0 Å². The van der Waals surface area contributed by atoms with E-state index in [1.165, 1.54) is 12.8 Å². The second-order valence-corrected chi connectivity index (χ2v) is 7.13. The molecule has 1 aromatic carbocycles. The summed E-state index contributed by atoms with van der Waals surface area (Å²) in [5, 5.41) is 5.63. The van der Waals surface area contributed by atoms with E-state index in [0.717, 1.165) is 46.5 Å². The van der Waals surface area contributed by atoms with Crippen LogP contribution < -0.4 is 5.43 Å². The number of pyridine rings is 2. The van der Waals surface area contributed by atoms with Crippen LogP contribution >= 0.6 is 0 Å². The Kier molecular flexibility index (Phi) is 3.85. The van der Waals surface area contributed by atoms with Crippen LogP contribution in [0, 0.1) is 0 Å². The van der Waals surface area contributed by atoms with Gasteiger partial charge >= 0.3 is 0 Å². The van der Waals surface area contributed by atoms with Crippen molar-refractivity contribution in [1.29, 1.82) is 0 Å². The number of para-hydroxylation sites is 1. The highest BCUT2D eigenvalue weighted by Crippen LogP contribution is 2.36. The number of nitrogens with zero attached hydrogens (tertiary/aromatic N) is 3. The average Bonchev–Trinajstić information content (AvgIpc) is 3.37. The first-order chi connectivity index (χ1) is 13.3. The van der Waals surface area contributed by atoms with Crippen LogP contribution in [0.25, 0.3) is 28.0 Å².